The van der Waals surface area contributed by atoms with Crippen LogP contribution in [0.2, 0.25) is 0 Å². The molecular formula is C15H22N2O. The SMILES string of the molecule is Cc1cccc([C@@H](C)NC(=O)C(C)C2CNC2)c1. The zero-order chi connectivity index (χ0) is 13.1. The van der Waals surface area contributed by atoms with Crippen molar-refractivity contribution >= 4 is 5.91 Å². The number of amides is 1. The van der Waals surface area contributed by atoms with Gasteiger partial charge in [0.25, 0.3) is 0 Å². The summed E-state index contributed by atoms with van der Waals surface area (Å²) in [6.45, 7) is 8.06. The second-order valence-corrected chi connectivity index (χ2v) is 5.35. The smallest absolute Gasteiger partial charge is 0.223 e. The number of aryl methyl sites for hydroxylation is 1. The largest absolute Gasteiger partial charge is 0.349 e. The highest BCUT2D eigenvalue weighted by Crippen LogP contribution is 2.19. The Morgan fingerprint density at radius 1 is 1.39 bits per heavy atom. The lowest BCUT2D eigenvalue weighted by Crippen LogP contribution is -2.49. The predicted octanol–water partition coefficient (Wildman–Crippen LogP) is 2.03. The van der Waals surface area contributed by atoms with Gasteiger partial charge in [-0.15, -0.1) is 0 Å². The van der Waals surface area contributed by atoms with Crippen molar-refractivity contribution in [2.75, 3.05) is 13.1 Å². The standard InChI is InChI=1S/C15H22N2O/c1-10-5-4-6-13(7-10)12(3)17-15(18)11(2)14-8-16-9-14/h4-7,11-12,14,16H,8-9H2,1-3H3,(H,17,18)/t11?,12-/m1/s1. The van der Waals surface area contributed by atoms with E-state index in [9.17, 15) is 4.79 Å². The van der Waals surface area contributed by atoms with E-state index in [1.54, 1.807) is 0 Å². The zero-order valence-electron chi connectivity index (χ0n) is 11.4. The van der Waals surface area contributed by atoms with Crippen LogP contribution in [0.25, 0.3) is 0 Å². The number of carbonyl (C=O) groups excluding carboxylic acids is 1. The molecule has 3 heteroatoms. The van der Waals surface area contributed by atoms with Gasteiger partial charge in [-0.25, -0.2) is 0 Å². The molecule has 0 aliphatic carbocycles. The first-order valence-corrected chi connectivity index (χ1v) is 6.65. The van der Waals surface area contributed by atoms with Gasteiger partial charge in [-0.1, -0.05) is 36.8 Å². The number of nitrogens with one attached hydrogen (secondary N) is 2. The molecule has 1 aromatic carbocycles. The van der Waals surface area contributed by atoms with Crippen molar-refractivity contribution in [1.29, 1.82) is 0 Å². The number of carbonyl (C=O) groups is 1. The molecule has 2 rings (SSSR count). The quantitative estimate of drug-likeness (QED) is 0.853. The third-order valence-corrected chi connectivity index (χ3v) is 3.83. The molecule has 1 amide bonds. The van der Waals surface area contributed by atoms with Crippen LogP contribution in [-0.4, -0.2) is 19.0 Å². The Balaban J connectivity index is 1.94. The topological polar surface area (TPSA) is 41.1 Å². The molecule has 18 heavy (non-hydrogen) atoms. The fourth-order valence-electron chi connectivity index (χ4n) is 2.25. The Hall–Kier alpha value is -1.35. The van der Waals surface area contributed by atoms with Crippen molar-refractivity contribution in [2.45, 2.75) is 26.8 Å². The Morgan fingerprint density at radius 2 is 2.11 bits per heavy atom. The van der Waals surface area contributed by atoms with E-state index in [2.05, 4.69) is 35.8 Å². The summed E-state index contributed by atoms with van der Waals surface area (Å²) >= 11 is 0. The lowest BCUT2D eigenvalue weighted by Gasteiger charge is -2.32. The van der Waals surface area contributed by atoms with E-state index in [0.717, 1.165) is 13.1 Å². The van der Waals surface area contributed by atoms with Crippen LogP contribution in [0.15, 0.2) is 24.3 Å². The predicted molar refractivity (Wildman–Crippen MR) is 73.3 cm³/mol. The van der Waals surface area contributed by atoms with E-state index in [0.29, 0.717) is 5.92 Å². The summed E-state index contributed by atoms with van der Waals surface area (Å²) in [5, 5.41) is 6.32. The highest BCUT2D eigenvalue weighted by Gasteiger charge is 2.29. The maximum Gasteiger partial charge on any atom is 0.223 e. The molecule has 1 aliphatic heterocycles. The van der Waals surface area contributed by atoms with Gasteiger partial charge < -0.3 is 10.6 Å². The summed E-state index contributed by atoms with van der Waals surface area (Å²) in [5.41, 5.74) is 2.40. The third kappa shape index (κ3) is 2.91. The minimum Gasteiger partial charge on any atom is -0.349 e. The van der Waals surface area contributed by atoms with Gasteiger partial charge in [0.05, 0.1) is 6.04 Å². The average molecular weight is 246 g/mol. The number of hydrogen-bond donors (Lipinski definition) is 2. The van der Waals surface area contributed by atoms with Gasteiger partial charge in [0.2, 0.25) is 5.91 Å². The molecule has 1 unspecified atom stereocenters. The fraction of sp³-hybridized carbons (Fsp3) is 0.533. The Morgan fingerprint density at radius 3 is 2.67 bits per heavy atom. The monoisotopic (exact) mass is 246 g/mol. The van der Waals surface area contributed by atoms with Gasteiger partial charge >= 0.3 is 0 Å². The number of rotatable bonds is 4. The molecule has 2 N–H and O–H groups in total. The molecule has 1 fully saturated rings. The highest BCUT2D eigenvalue weighted by atomic mass is 16.1. The molecule has 0 bridgehead atoms. The molecule has 2 atom stereocenters. The Bertz CT molecular complexity index is 426. The van der Waals surface area contributed by atoms with Crippen LogP contribution in [0.5, 0.6) is 0 Å². The molecule has 1 aromatic rings. The minimum atomic E-state index is 0.0767. The molecule has 0 saturated carbocycles. The molecule has 0 aromatic heterocycles. The minimum absolute atomic E-state index is 0.0767. The Labute approximate surface area is 109 Å². The Kier molecular flexibility index (Phi) is 4.02. The van der Waals surface area contributed by atoms with E-state index < -0.39 is 0 Å². The van der Waals surface area contributed by atoms with Crippen molar-refractivity contribution in [3.8, 4) is 0 Å². The summed E-state index contributed by atoms with van der Waals surface area (Å²) < 4.78 is 0. The first kappa shape index (κ1) is 13.1. The average Bonchev–Trinajstić information content (AvgIpc) is 2.26. The van der Waals surface area contributed by atoms with Gasteiger partial charge in [0, 0.05) is 5.92 Å². The summed E-state index contributed by atoms with van der Waals surface area (Å²) in [7, 11) is 0. The second kappa shape index (κ2) is 5.53. The van der Waals surface area contributed by atoms with Crippen molar-refractivity contribution in [3.63, 3.8) is 0 Å². The van der Waals surface area contributed by atoms with Crippen molar-refractivity contribution in [1.82, 2.24) is 10.6 Å². The van der Waals surface area contributed by atoms with Crippen molar-refractivity contribution in [3.05, 3.63) is 35.4 Å². The summed E-state index contributed by atoms with van der Waals surface area (Å²) in [6, 6.07) is 8.37. The van der Waals surface area contributed by atoms with Crippen molar-refractivity contribution in [2.24, 2.45) is 11.8 Å². The molecule has 1 saturated heterocycles. The molecule has 0 spiro atoms. The van der Waals surface area contributed by atoms with Crippen LogP contribution in [0.3, 0.4) is 0 Å². The number of benzene rings is 1. The molecule has 1 aliphatic rings. The molecule has 98 valence electrons. The zero-order valence-corrected chi connectivity index (χ0v) is 11.4. The third-order valence-electron chi connectivity index (χ3n) is 3.83. The molecule has 0 radical (unpaired) electrons. The van der Waals surface area contributed by atoms with Crippen LogP contribution < -0.4 is 10.6 Å². The summed E-state index contributed by atoms with van der Waals surface area (Å²) in [4.78, 5) is 12.1. The highest BCUT2D eigenvalue weighted by molar-refractivity contribution is 5.79. The molecule has 1 heterocycles. The fourth-order valence-corrected chi connectivity index (χ4v) is 2.25. The first-order chi connectivity index (χ1) is 8.58. The lowest BCUT2D eigenvalue weighted by atomic mass is 9.88. The summed E-state index contributed by atoms with van der Waals surface area (Å²) in [5.74, 6) is 0.753. The maximum atomic E-state index is 12.1. The van der Waals surface area contributed by atoms with Crippen LogP contribution >= 0.6 is 0 Å². The van der Waals surface area contributed by atoms with E-state index in [4.69, 9.17) is 0 Å². The normalized spacial score (nSPS) is 18.8. The number of hydrogen-bond acceptors (Lipinski definition) is 2. The maximum absolute atomic E-state index is 12.1. The first-order valence-electron chi connectivity index (χ1n) is 6.65. The van der Waals surface area contributed by atoms with Crippen molar-refractivity contribution < 1.29 is 4.79 Å². The van der Waals surface area contributed by atoms with Gasteiger partial charge in [0.15, 0.2) is 0 Å². The van der Waals surface area contributed by atoms with Crippen LogP contribution in [0.1, 0.15) is 31.0 Å². The van der Waals surface area contributed by atoms with Gasteiger partial charge in [-0.05, 0) is 38.4 Å². The van der Waals surface area contributed by atoms with E-state index >= 15 is 0 Å². The van der Waals surface area contributed by atoms with Crippen LogP contribution in [0, 0.1) is 18.8 Å². The van der Waals surface area contributed by atoms with E-state index in [1.165, 1.54) is 11.1 Å². The van der Waals surface area contributed by atoms with Gasteiger partial charge in [-0.3, -0.25) is 4.79 Å². The van der Waals surface area contributed by atoms with E-state index in [1.807, 2.05) is 19.9 Å². The lowest BCUT2D eigenvalue weighted by molar-refractivity contribution is -0.127. The van der Waals surface area contributed by atoms with Gasteiger partial charge in [0.1, 0.15) is 0 Å². The molecular weight excluding hydrogens is 224 g/mol. The summed E-state index contributed by atoms with van der Waals surface area (Å²) in [6.07, 6.45) is 0. The molecule has 3 nitrogen and oxygen atoms in total. The van der Waals surface area contributed by atoms with E-state index in [-0.39, 0.29) is 17.9 Å². The second-order valence-electron chi connectivity index (χ2n) is 5.35. The van der Waals surface area contributed by atoms with Crippen LogP contribution in [-0.2, 0) is 4.79 Å². The van der Waals surface area contributed by atoms with Crippen LogP contribution in [0.4, 0.5) is 0 Å². The van der Waals surface area contributed by atoms with Gasteiger partial charge in [-0.2, -0.15) is 0 Å².